The lowest BCUT2D eigenvalue weighted by Crippen LogP contribution is -2.22. The van der Waals surface area contributed by atoms with Gasteiger partial charge in [-0.25, -0.2) is 9.97 Å². The lowest BCUT2D eigenvalue weighted by molar-refractivity contribution is 0.0951. The van der Waals surface area contributed by atoms with Crippen LogP contribution in [-0.4, -0.2) is 20.4 Å². The van der Waals surface area contributed by atoms with E-state index in [1.807, 2.05) is 19.1 Å². The van der Waals surface area contributed by atoms with Crippen LogP contribution in [0.3, 0.4) is 0 Å². The number of nitrogens with one attached hydrogen (secondary N) is 1. The topological polar surface area (TPSA) is 85.8 Å². The van der Waals surface area contributed by atoms with E-state index in [-0.39, 0.29) is 5.91 Å². The number of aromatic nitrogens is 3. The quantitative estimate of drug-likeness (QED) is 0.767. The first-order chi connectivity index (χ1) is 10.6. The zero-order valence-electron chi connectivity index (χ0n) is 11.8. The van der Waals surface area contributed by atoms with Gasteiger partial charge >= 0.3 is 0 Å². The van der Waals surface area contributed by atoms with E-state index in [1.54, 1.807) is 10.6 Å². The van der Waals surface area contributed by atoms with Crippen molar-refractivity contribution in [3.63, 3.8) is 0 Å². The fourth-order valence-electron chi connectivity index (χ4n) is 2.18. The molecule has 0 fully saturated rings. The molecule has 3 N–H and O–H groups in total. The van der Waals surface area contributed by atoms with Crippen molar-refractivity contribution in [1.82, 2.24) is 19.9 Å². The molecular weight excluding hydrogens is 322 g/mol. The van der Waals surface area contributed by atoms with Crippen molar-refractivity contribution in [3.8, 4) is 0 Å². The highest BCUT2D eigenvalue weighted by Gasteiger charge is 2.12. The normalized spacial score (nSPS) is 11.0. The van der Waals surface area contributed by atoms with Crippen LogP contribution in [0.25, 0.3) is 11.2 Å². The maximum Gasteiger partial charge on any atom is 0.253 e. The zero-order chi connectivity index (χ0) is 15.7. The van der Waals surface area contributed by atoms with Gasteiger partial charge in [-0.05, 0) is 25.1 Å². The number of fused-ring (bicyclic) bond motifs is 1. The first kappa shape index (κ1) is 14.8. The summed E-state index contributed by atoms with van der Waals surface area (Å²) in [7, 11) is 0. The number of halogens is 1. The number of nitrogens with two attached hydrogens (primary N) is 1. The number of nitrogen functional groups attached to an aromatic ring is 1. The van der Waals surface area contributed by atoms with Gasteiger partial charge in [-0.1, -0.05) is 11.6 Å². The molecule has 1 amide bonds. The number of nitrogens with zero attached hydrogens (tertiary/aromatic N) is 3. The molecule has 0 atom stereocenters. The Morgan fingerprint density at radius 3 is 3.00 bits per heavy atom. The molecular formula is C14H14ClN5OS. The number of carbonyl (C=O) groups excluding carboxylic acids is 1. The number of hydrogen-bond acceptors (Lipinski definition) is 5. The van der Waals surface area contributed by atoms with Gasteiger partial charge < -0.3 is 11.1 Å². The highest BCUT2D eigenvalue weighted by atomic mass is 35.5. The smallest absolute Gasteiger partial charge is 0.253 e. The second-order valence-electron chi connectivity index (χ2n) is 4.67. The third kappa shape index (κ3) is 2.77. The van der Waals surface area contributed by atoms with E-state index in [0.29, 0.717) is 40.1 Å². The first-order valence-electron chi connectivity index (χ1n) is 6.72. The van der Waals surface area contributed by atoms with Gasteiger partial charge in [0.1, 0.15) is 5.52 Å². The van der Waals surface area contributed by atoms with E-state index in [4.69, 9.17) is 17.3 Å². The fourth-order valence-corrected chi connectivity index (χ4v) is 3.21. The fraction of sp³-hybridized carbons (Fsp3) is 0.214. The van der Waals surface area contributed by atoms with E-state index in [1.165, 1.54) is 17.5 Å². The Hall–Kier alpha value is -2.12. The van der Waals surface area contributed by atoms with Crippen LogP contribution in [0.4, 0.5) is 5.95 Å². The Balaban J connectivity index is 1.79. The van der Waals surface area contributed by atoms with Crippen molar-refractivity contribution in [2.45, 2.75) is 20.0 Å². The molecule has 3 rings (SSSR count). The van der Waals surface area contributed by atoms with Gasteiger partial charge in [0.15, 0.2) is 5.65 Å². The van der Waals surface area contributed by atoms with Gasteiger partial charge in [-0.15, -0.1) is 11.3 Å². The summed E-state index contributed by atoms with van der Waals surface area (Å²) in [6.45, 7) is 3.08. The Labute approximate surface area is 135 Å². The Bertz CT molecular complexity index is 841. The molecule has 114 valence electrons. The summed E-state index contributed by atoms with van der Waals surface area (Å²) in [4.78, 5) is 21.7. The Morgan fingerprint density at radius 1 is 1.50 bits per heavy atom. The number of pyridine rings is 1. The Kier molecular flexibility index (Phi) is 4.00. The third-order valence-corrected chi connectivity index (χ3v) is 4.48. The number of carbonyl (C=O) groups is 1. The molecule has 0 radical (unpaired) electrons. The molecule has 0 aliphatic heterocycles. The molecule has 3 heterocycles. The lowest BCUT2D eigenvalue weighted by atomic mass is 10.2. The maximum atomic E-state index is 12.2. The van der Waals surface area contributed by atoms with Crippen molar-refractivity contribution in [2.75, 3.05) is 5.73 Å². The van der Waals surface area contributed by atoms with Crippen molar-refractivity contribution in [2.24, 2.45) is 0 Å². The number of anilines is 1. The SMILES string of the molecule is CCn1c(N)nc2cc(C(=O)NCc3ccc(Cl)s3)cnc21. The molecule has 0 spiro atoms. The summed E-state index contributed by atoms with van der Waals surface area (Å²) in [5, 5.41) is 2.84. The summed E-state index contributed by atoms with van der Waals surface area (Å²) in [5.41, 5.74) is 7.58. The van der Waals surface area contributed by atoms with E-state index in [0.717, 1.165) is 4.88 Å². The van der Waals surface area contributed by atoms with Crippen LogP contribution < -0.4 is 11.1 Å². The molecule has 0 aromatic carbocycles. The maximum absolute atomic E-state index is 12.2. The molecule has 22 heavy (non-hydrogen) atoms. The van der Waals surface area contributed by atoms with E-state index in [2.05, 4.69) is 15.3 Å². The van der Waals surface area contributed by atoms with Crippen LogP contribution in [-0.2, 0) is 13.1 Å². The predicted molar refractivity (Wildman–Crippen MR) is 88.1 cm³/mol. The number of rotatable bonds is 4. The summed E-state index contributed by atoms with van der Waals surface area (Å²) in [5.74, 6) is 0.194. The van der Waals surface area contributed by atoms with Gasteiger partial charge in [-0.2, -0.15) is 0 Å². The van der Waals surface area contributed by atoms with Crippen LogP contribution in [0, 0.1) is 0 Å². The zero-order valence-corrected chi connectivity index (χ0v) is 13.4. The molecule has 3 aromatic heterocycles. The minimum absolute atomic E-state index is 0.205. The van der Waals surface area contributed by atoms with Crippen LogP contribution in [0.2, 0.25) is 4.34 Å². The van der Waals surface area contributed by atoms with Gasteiger partial charge in [0.05, 0.1) is 16.4 Å². The Morgan fingerprint density at radius 2 is 2.32 bits per heavy atom. The molecule has 0 bridgehead atoms. The molecule has 0 saturated carbocycles. The molecule has 3 aromatic rings. The standard InChI is InChI=1S/C14H14ClN5OS/c1-2-20-12-10(19-14(20)16)5-8(6-17-12)13(21)18-7-9-3-4-11(15)22-9/h3-6H,2,7H2,1H3,(H2,16,19)(H,18,21). The number of imidazole rings is 1. The van der Waals surface area contributed by atoms with E-state index < -0.39 is 0 Å². The highest BCUT2D eigenvalue weighted by Crippen LogP contribution is 2.21. The summed E-state index contributed by atoms with van der Waals surface area (Å²) in [6.07, 6.45) is 1.53. The first-order valence-corrected chi connectivity index (χ1v) is 7.92. The van der Waals surface area contributed by atoms with Gasteiger partial charge in [0, 0.05) is 17.6 Å². The van der Waals surface area contributed by atoms with Crippen LogP contribution in [0.5, 0.6) is 0 Å². The average Bonchev–Trinajstić information content (AvgIpc) is 3.06. The van der Waals surface area contributed by atoms with Gasteiger partial charge in [0.25, 0.3) is 5.91 Å². The second-order valence-corrected chi connectivity index (χ2v) is 6.47. The van der Waals surface area contributed by atoms with Crippen molar-refractivity contribution in [3.05, 3.63) is 39.2 Å². The minimum Gasteiger partial charge on any atom is -0.369 e. The summed E-state index contributed by atoms with van der Waals surface area (Å²) < 4.78 is 2.50. The minimum atomic E-state index is -0.205. The molecule has 0 aliphatic carbocycles. The van der Waals surface area contributed by atoms with Crippen molar-refractivity contribution in [1.29, 1.82) is 0 Å². The van der Waals surface area contributed by atoms with Crippen LogP contribution >= 0.6 is 22.9 Å². The van der Waals surface area contributed by atoms with E-state index >= 15 is 0 Å². The van der Waals surface area contributed by atoms with Gasteiger partial charge in [-0.3, -0.25) is 9.36 Å². The molecule has 0 aliphatic rings. The van der Waals surface area contributed by atoms with Crippen molar-refractivity contribution < 1.29 is 4.79 Å². The molecule has 8 heteroatoms. The lowest BCUT2D eigenvalue weighted by Gasteiger charge is -2.04. The number of thiophene rings is 1. The molecule has 0 unspecified atom stereocenters. The highest BCUT2D eigenvalue weighted by molar-refractivity contribution is 7.16. The summed E-state index contributed by atoms with van der Waals surface area (Å²) in [6, 6.07) is 5.39. The third-order valence-electron chi connectivity index (χ3n) is 3.24. The van der Waals surface area contributed by atoms with E-state index in [9.17, 15) is 4.79 Å². The van der Waals surface area contributed by atoms with Crippen LogP contribution in [0.15, 0.2) is 24.4 Å². The number of amides is 1. The average molecular weight is 336 g/mol. The molecule has 0 saturated heterocycles. The van der Waals surface area contributed by atoms with Gasteiger partial charge in [0.2, 0.25) is 5.95 Å². The number of aryl methyl sites for hydroxylation is 1. The molecule has 6 nitrogen and oxygen atoms in total. The van der Waals surface area contributed by atoms with Crippen molar-refractivity contribution >= 4 is 46.0 Å². The predicted octanol–water partition coefficient (Wildman–Crippen LogP) is 2.68. The van der Waals surface area contributed by atoms with Crippen LogP contribution in [0.1, 0.15) is 22.2 Å². The number of hydrogen-bond donors (Lipinski definition) is 2. The second kappa shape index (κ2) is 5.94. The monoisotopic (exact) mass is 335 g/mol. The summed E-state index contributed by atoms with van der Waals surface area (Å²) >= 11 is 7.30. The largest absolute Gasteiger partial charge is 0.369 e.